The number of epoxide rings is 1. The van der Waals surface area contributed by atoms with Gasteiger partial charge in [0.2, 0.25) is 0 Å². The molecule has 0 aromatic rings. The summed E-state index contributed by atoms with van der Waals surface area (Å²) in [5.74, 6) is -0.0983. The number of carbonyl (C=O) groups excluding carboxylic acids is 1. The Labute approximate surface area is 149 Å². The lowest BCUT2D eigenvalue weighted by atomic mass is 10.0. The van der Waals surface area contributed by atoms with Crippen molar-refractivity contribution in [3.8, 4) is 0 Å². The monoisotopic (exact) mass is 338 g/mol. The molecule has 0 aliphatic carbocycles. The van der Waals surface area contributed by atoms with Crippen LogP contribution in [0.25, 0.3) is 0 Å². The van der Waals surface area contributed by atoms with Crippen molar-refractivity contribution >= 4 is 5.97 Å². The second kappa shape index (κ2) is 14.5. The first kappa shape index (κ1) is 21.2. The Balaban J connectivity index is 1.78. The topological polar surface area (TPSA) is 38.8 Å². The molecular formula is C21H38O3. The highest BCUT2D eigenvalue weighted by atomic mass is 16.6. The maximum Gasteiger partial charge on any atom is 0.306 e. The van der Waals surface area contributed by atoms with E-state index in [-0.39, 0.29) is 5.97 Å². The van der Waals surface area contributed by atoms with Crippen molar-refractivity contribution in [1.82, 2.24) is 0 Å². The van der Waals surface area contributed by atoms with Crippen molar-refractivity contribution in [2.45, 2.75) is 109 Å². The van der Waals surface area contributed by atoms with Crippen LogP contribution in [0.2, 0.25) is 0 Å². The van der Waals surface area contributed by atoms with Crippen molar-refractivity contribution in [3.05, 3.63) is 12.7 Å². The number of rotatable bonds is 17. The maximum atomic E-state index is 11.3. The van der Waals surface area contributed by atoms with E-state index in [0.717, 1.165) is 12.8 Å². The number of hydrogen-bond acceptors (Lipinski definition) is 3. The molecule has 1 aliphatic rings. The lowest BCUT2D eigenvalue weighted by molar-refractivity contribution is -0.142. The van der Waals surface area contributed by atoms with Gasteiger partial charge < -0.3 is 9.47 Å². The summed E-state index contributed by atoms with van der Waals surface area (Å²) in [6.45, 7) is 6.13. The fourth-order valence-corrected chi connectivity index (χ4v) is 3.18. The van der Waals surface area contributed by atoms with Crippen LogP contribution in [0.4, 0.5) is 0 Å². The number of unbranched alkanes of at least 4 members (excludes halogenated alkanes) is 9. The van der Waals surface area contributed by atoms with Gasteiger partial charge in [0.05, 0.1) is 12.2 Å². The minimum atomic E-state index is -0.0983. The second-order valence-corrected chi connectivity index (χ2v) is 7.05. The van der Waals surface area contributed by atoms with E-state index < -0.39 is 0 Å². The quantitative estimate of drug-likeness (QED) is 0.142. The Morgan fingerprint density at radius 1 is 0.917 bits per heavy atom. The molecule has 0 spiro atoms. The maximum absolute atomic E-state index is 11.3. The van der Waals surface area contributed by atoms with Crippen LogP contribution in [0.1, 0.15) is 96.8 Å². The van der Waals surface area contributed by atoms with E-state index in [2.05, 4.69) is 13.5 Å². The molecule has 0 aromatic heterocycles. The van der Waals surface area contributed by atoms with Gasteiger partial charge in [-0.2, -0.15) is 0 Å². The summed E-state index contributed by atoms with van der Waals surface area (Å²) in [6, 6.07) is 0. The zero-order valence-corrected chi connectivity index (χ0v) is 15.8. The molecule has 0 aromatic carbocycles. The zero-order chi connectivity index (χ0) is 17.5. The standard InChI is InChI=1S/C21H38O3/c1-3-5-6-7-9-12-15-19-20(24-19)16-13-10-8-11-14-17-21(22)23-18-4-2/h4,19-20H,2-3,5-18H2,1H3/t19-,20-/m0/s1. The van der Waals surface area contributed by atoms with Gasteiger partial charge in [-0.05, 0) is 19.3 Å². The number of carbonyl (C=O) groups is 1. The molecule has 1 saturated heterocycles. The lowest BCUT2D eigenvalue weighted by Gasteiger charge is -2.02. The van der Waals surface area contributed by atoms with Crippen LogP contribution < -0.4 is 0 Å². The van der Waals surface area contributed by atoms with Gasteiger partial charge >= 0.3 is 5.97 Å². The molecule has 24 heavy (non-hydrogen) atoms. The van der Waals surface area contributed by atoms with Gasteiger partial charge in [-0.3, -0.25) is 4.79 Å². The molecule has 3 nitrogen and oxygen atoms in total. The van der Waals surface area contributed by atoms with E-state index >= 15 is 0 Å². The average Bonchev–Trinajstić information content (AvgIpc) is 3.33. The highest BCUT2D eigenvalue weighted by molar-refractivity contribution is 5.69. The Bertz CT molecular complexity index is 327. The second-order valence-electron chi connectivity index (χ2n) is 7.05. The third-order valence-corrected chi connectivity index (χ3v) is 4.76. The van der Waals surface area contributed by atoms with Gasteiger partial charge in [0.15, 0.2) is 0 Å². The molecule has 0 unspecified atom stereocenters. The largest absolute Gasteiger partial charge is 0.461 e. The summed E-state index contributed by atoms with van der Waals surface area (Å²) in [7, 11) is 0. The Kier molecular flexibility index (Phi) is 12.8. The number of ether oxygens (including phenoxy) is 2. The normalized spacial score (nSPS) is 19.2. The van der Waals surface area contributed by atoms with Crippen molar-refractivity contribution in [2.24, 2.45) is 0 Å². The van der Waals surface area contributed by atoms with Gasteiger partial charge in [0, 0.05) is 6.42 Å². The van der Waals surface area contributed by atoms with E-state index in [1.165, 1.54) is 70.6 Å². The first-order valence-electron chi connectivity index (χ1n) is 10.2. The van der Waals surface area contributed by atoms with E-state index in [0.29, 0.717) is 25.2 Å². The van der Waals surface area contributed by atoms with Crippen LogP contribution in [0.3, 0.4) is 0 Å². The summed E-state index contributed by atoms with van der Waals surface area (Å²) in [6.07, 6.45) is 19.8. The lowest BCUT2D eigenvalue weighted by Crippen LogP contribution is -2.03. The SMILES string of the molecule is C=CCOC(=O)CCCCCCC[C@@H]1O[C@H]1CCCCCCCC. The van der Waals surface area contributed by atoms with E-state index in [4.69, 9.17) is 9.47 Å². The fraction of sp³-hybridized carbons (Fsp3) is 0.857. The molecule has 0 amide bonds. The average molecular weight is 339 g/mol. The first-order chi connectivity index (χ1) is 11.8. The number of hydrogen-bond donors (Lipinski definition) is 0. The predicted molar refractivity (Wildman–Crippen MR) is 100 cm³/mol. The smallest absolute Gasteiger partial charge is 0.306 e. The van der Waals surface area contributed by atoms with Crippen molar-refractivity contribution in [1.29, 1.82) is 0 Å². The molecule has 1 rings (SSSR count). The summed E-state index contributed by atoms with van der Waals surface area (Å²) in [5, 5.41) is 0. The molecule has 1 heterocycles. The summed E-state index contributed by atoms with van der Waals surface area (Å²) < 4.78 is 10.7. The van der Waals surface area contributed by atoms with Gasteiger partial charge in [-0.1, -0.05) is 83.8 Å². The first-order valence-corrected chi connectivity index (χ1v) is 10.2. The molecular weight excluding hydrogens is 300 g/mol. The highest BCUT2D eigenvalue weighted by Crippen LogP contribution is 2.31. The molecule has 3 heteroatoms. The molecule has 0 bridgehead atoms. The third kappa shape index (κ3) is 11.7. The van der Waals surface area contributed by atoms with Crippen LogP contribution in [0, 0.1) is 0 Å². The van der Waals surface area contributed by atoms with Crippen LogP contribution in [0.15, 0.2) is 12.7 Å². The molecule has 2 atom stereocenters. The van der Waals surface area contributed by atoms with Gasteiger partial charge in [-0.25, -0.2) is 0 Å². The van der Waals surface area contributed by atoms with Gasteiger partial charge in [0.25, 0.3) is 0 Å². The van der Waals surface area contributed by atoms with Crippen LogP contribution in [-0.4, -0.2) is 24.8 Å². The Morgan fingerprint density at radius 3 is 2.04 bits per heavy atom. The van der Waals surface area contributed by atoms with Gasteiger partial charge in [-0.15, -0.1) is 0 Å². The van der Waals surface area contributed by atoms with E-state index in [1.54, 1.807) is 6.08 Å². The summed E-state index contributed by atoms with van der Waals surface area (Å²) >= 11 is 0. The molecule has 0 saturated carbocycles. The van der Waals surface area contributed by atoms with Crippen molar-refractivity contribution < 1.29 is 14.3 Å². The van der Waals surface area contributed by atoms with E-state index in [1.807, 2.05) is 0 Å². The summed E-state index contributed by atoms with van der Waals surface area (Å²) in [5.41, 5.74) is 0. The Hall–Kier alpha value is -0.830. The third-order valence-electron chi connectivity index (χ3n) is 4.76. The molecule has 0 radical (unpaired) electrons. The van der Waals surface area contributed by atoms with Crippen LogP contribution in [-0.2, 0) is 14.3 Å². The minimum absolute atomic E-state index is 0.0983. The fourth-order valence-electron chi connectivity index (χ4n) is 3.18. The van der Waals surface area contributed by atoms with Crippen molar-refractivity contribution in [3.63, 3.8) is 0 Å². The zero-order valence-electron chi connectivity index (χ0n) is 15.8. The summed E-state index contributed by atoms with van der Waals surface area (Å²) in [4.78, 5) is 11.3. The predicted octanol–water partition coefficient (Wildman–Crippen LogP) is 5.96. The Morgan fingerprint density at radius 2 is 1.46 bits per heavy atom. The molecule has 0 N–H and O–H groups in total. The van der Waals surface area contributed by atoms with Crippen LogP contribution >= 0.6 is 0 Å². The highest BCUT2D eigenvalue weighted by Gasteiger charge is 2.36. The molecule has 1 fully saturated rings. The number of esters is 1. The van der Waals surface area contributed by atoms with Gasteiger partial charge in [0.1, 0.15) is 6.61 Å². The van der Waals surface area contributed by atoms with Crippen LogP contribution in [0.5, 0.6) is 0 Å². The molecule has 140 valence electrons. The van der Waals surface area contributed by atoms with E-state index in [9.17, 15) is 4.79 Å². The van der Waals surface area contributed by atoms with Crippen molar-refractivity contribution in [2.75, 3.05) is 6.61 Å². The molecule has 1 aliphatic heterocycles. The minimum Gasteiger partial charge on any atom is -0.461 e.